The maximum Gasteiger partial charge on any atom is 0.226 e. The lowest BCUT2D eigenvalue weighted by atomic mass is 9.95. The minimum absolute atomic E-state index is 0.0173. The van der Waals surface area contributed by atoms with Gasteiger partial charge in [-0.2, -0.15) is 4.98 Å². The van der Waals surface area contributed by atoms with Crippen molar-refractivity contribution >= 4 is 23.4 Å². The summed E-state index contributed by atoms with van der Waals surface area (Å²) in [4.78, 5) is 30.2. The maximum atomic E-state index is 12.3. The number of halogens is 1. The molecule has 1 aliphatic rings. The number of hydrogen-bond donors (Lipinski definition) is 1. The number of carbonyl (C=O) groups excluding carboxylic acids is 2. The molecular formula is C19H23ClN4O3. The maximum absolute atomic E-state index is 12.3. The van der Waals surface area contributed by atoms with Gasteiger partial charge in [-0.15, -0.1) is 0 Å². The minimum atomic E-state index is 0.0173. The number of piperidine rings is 1. The van der Waals surface area contributed by atoms with Gasteiger partial charge in [-0.3, -0.25) is 9.59 Å². The predicted octanol–water partition coefficient (Wildman–Crippen LogP) is 2.70. The van der Waals surface area contributed by atoms with E-state index in [4.69, 9.17) is 16.1 Å². The Kier molecular flexibility index (Phi) is 6.45. The lowest BCUT2D eigenvalue weighted by Gasteiger charge is -2.31. The molecule has 7 nitrogen and oxygen atoms in total. The summed E-state index contributed by atoms with van der Waals surface area (Å²) in [5, 5.41) is 7.30. The number of benzene rings is 1. The first kappa shape index (κ1) is 19.4. The molecule has 0 bridgehead atoms. The number of aryl methyl sites for hydroxylation is 1. The van der Waals surface area contributed by atoms with Crippen LogP contribution < -0.4 is 5.32 Å². The first-order chi connectivity index (χ1) is 13.1. The predicted molar refractivity (Wildman–Crippen MR) is 101 cm³/mol. The minimum Gasteiger partial charge on any atom is -0.359 e. The molecular weight excluding hydrogens is 368 g/mol. The Morgan fingerprint density at radius 2 is 1.96 bits per heavy atom. The van der Waals surface area contributed by atoms with E-state index in [0.717, 1.165) is 18.4 Å². The van der Waals surface area contributed by atoms with E-state index in [1.54, 1.807) is 19.2 Å². The number of rotatable bonds is 6. The Labute approximate surface area is 163 Å². The van der Waals surface area contributed by atoms with Gasteiger partial charge in [-0.1, -0.05) is 16.8 Å². The van der Waals surface area contributed by atoms with E-state index in [1.807, 2.05) is 17.0 Å². The van der Waals surface area contributed by atoms with Gasteiger partial charge in [0.15, 0.2) is 0 Å². The fourth-order valence-corrected chi connectivity index (χ4v) is 3.34. The van der Waals surface area contributed by atoms with Crippen LogP contribution in [0.15, 0.2) is 28.8 Å². The van der Waals surface area contributed by atoms with Crippen LogP contribution >= 0.6 is 11.6 Å². The van der Waals surface area contributed by atoms with E-state index in [9.17, 15) is 9.59 Å². The highest BCUT2D eigenvalue weighted by atomic mass is 35.5. The van der Waals surface area contributed by atoms with Gasteiger partial charge in [0.05, 0.1) is 0 Å². The van der Waals surface area contributed by atoms with Crippen LogP contribution in [0.1, 0.15) is 31.6 Å². The van der Waals surface area contributed by atoms with E-state index in [2.05, 4.69) is 15.5 Å². The summed E-state index contributed by atoms with van der Waals surface area (Å²) in [5.41, 5.74) is 0.837. The number of aromatic nitrogens is 2. The number of amides is 2. The number of nitrogens with one attached hydrogen (secondary N) is 1. The first-order valence-corrected chi connectivity index (χ1v) is 9.52. The van der Waals surface area contributed by atoms with Crippen molar-refractivity contribution < 1.29 is 14.1 Å². The van der Waals surface area contributed by atoms with Gasteiger partial charge in [0.2, 0.25) is 23.5 Å². The second-order valence-electron chi connectivity index (χ2n) is 6.64. The molecule has 1 aliphatic heterocycles. The van der Waals surface area contributed by atoms with Gasteiger partial charge >= 0.3 is 0 Å². The zero-order valence-electron chi connectivity index (χ0n) is 15.3. The van der Waals surface area contributed by atoms with Crippen molar-refractivity contribution in [3.05, 3.63) is 35.2 Å². The van der Waals surface area contributed by atoms with Crippen LogP contribution in [0.2, 0.25) is 5.02 Å². The second-order valence-corrected chi connectivity index (χ2v) is 7.08. The van der Waals surface area contributed by atoms with Gasteiger partial charge in [0.1, 0.15) is 0 Å². The summed E-state index contributed by atoms with van der Waals surface area (Å²) in [6, 6.07) is 7.23. The van der Waals surface area contributed by atoms with E-state index in [0.29, 0.717) is 49.1 Å². The summed E-state index contributed by atoms with van der Waals surface area (Å²) < 4.78 is 5.27. The van der Waals surface area contributed by atoms with E-state index in [-0.39, 0.29) is 17.7 Å². The third-order valence-corrected chi connectivity index (χ3v) is 5.07. The number of likely N-dealkylation sites (tertiary alicyclic amines) is 1. The molecule has 0 unspecified atom stereocenters. The van der Waals surface area contributed by atoms with Crippen LogP contribution in [-0.2, 0) is 16.0 Å². The van der Waals surface area contributed by atoms with Crippen LogP contribution in [0.25, 0.3) is 11.4 Å². The highest BCUT2D eigenvalue weighted by molar-refractivity contribution is 6.30. The fourth-order valence-electron chi connectivity index (χ4n) is 3.22. The van der Waals surface area contributed by atoms with Crippen LogP contribution in [0.4, 0.5) is 0 Å². The molecule has 0 spiro atoms. The summed E-state index contributed by atoms with van der Waals surface area (Å²) in [7, 11) is 1.65. The highest BCUT2D eigenvalue weighted by Gasteiger charge is 2.26. The standard InChI is InChI=1S/C19H23ClN4O3/c1-21-19(26)14-9-11-24(12-10-14)17(25)4-2-3-16-22-18(23-27-16)13-5-7-15(20)8-6-13/h5-8,14H,2-4,9-12H2,1H3,(H,21,26). The Morgan fingerprint density at radius 3 is 2.63 bits per heavy atom. The summed E-state index contributed by atoms with van der Waals surface area (Å²) >= 11 is 5.88. The lowest BCUT2D eigenvalue weighted by molar-refractivity contribution is -0.135. The Morgan fingerprint density at radius 1 is 1.26 bits per heavy atom. The van der Waals surface area contributed by atoms with Crippen LogP contribution in [-0.4, -0.2) is 47.0 Å². The van der Waals surface area contributed by atoms with Crippen LogP contribution in [0.5, 0.6) is 0 Å². The van der Waals surface area contributed by atoms with Crippen molar-refractivity contribution in [1.82, 2.24) is 20.4 Å². The number of carbonyl (C=O) groups is 2. The largest absolute Gasteiger partial charge is 0.359 e. The molecule has 2 aromatic rings. The smallest absolute Gasteiger partial charge is 0.226 e. The molecule has 1 fully saturated rings. The lowest BCUT2D eigenvalue weighted by Crippen LogP contribution is -2.42. The molecule has 1 N–H and O–H groups in total. The molecule has 3 rings (SSSR count). The molecule has 1 saturated heterocycles. The zero-order valence-corrected chi connectivity index (χ0v) is 16.0. The summed E-state index contributed by atoms with van der Waals surface area (Å²) in [5.74, 6) is 1.23. The molecule has 0 atom stereocenters. The molecule has 8 heteroatoms. The van der Waals surface area contributed by atoms with Gasteiger partial charge < -0.3 is 14.7 Å². The molecule has 2 amide bonds. The highest BCUT2D eigenvalue weighted by Crippen LogP contribution is 2.20. The number of nitrogens with zero attached hydrogens (tertiary/aromatic N) is 3. The molecule has 144 valence electrons. The van der Waals surface area contributed by atoms with E-state index < -0.39 is 0 Å². The van der Waals surface area contributed by atoms with Crippen molar-refractivity contribution in [2.75, 3.05) is 20.1 Å². The molecule has 0 radical (unpaired) electrons. The van der Waals surface area contributed by atoms with Gasteiger partial charge in [-0.05, 0) is 43.5 Å². The topological polar surface area (TPSA) is 88.3 Å². The summed E-state index contributed by atoms with van der Waals surface area (Å²) in [6.07, 6.45) is 3.08. The van der Waals surface area contributed by atoms with Gasteiger partial charge in [0.25, 0.3) is 0 Å². The molecule has 2 heterocycles. The molecule has 27 heavy (non-hydrogen) atoms. The molecule has 0 saturated carbocycles. The Hall–Kier alpha value is -2.41. The van der Waals surface area contributed by atoms with Crippen molar-refractivity contribution in [1.29, 1.82) is 0 Å². The molecule has 0 aliphatic carbocycles. The van der Waals surface area contributed by atoms with Crippen molar-refractivity contribution in [3.8, 4) is 11.4 Å². The number of hydrogen-bond acceptors (Lipinski definition) is 5. The third kappa shape index (κ3) is 5.07. The van der Waals surface area contributed by atoms with Crippen LogP contribution in [0, 0.1) is 5.92 Å². The normalized spacial score (nSPS) is 15.0. The fraction of sp³-hybridized carbons (Fsp3) is 0.474. The van der Waals surface area contributed by atoms with Crippen LogP contribution in [0.3, 0.4) is 0 Å². The molecule has 1 aromatic carbocycles. The quantitative estimate of drug-likeness (QED) is 0.819. The van der Waals surface area contributed by atoms with Gasteiger partial charge in [-0.25, -0.2) is 0 Å². The monoisotopic (exact) mass is 390 g/mol. The van der Waals surface area contributed by atoms with E-state index >= 15 is 0 Å². The molecule has 1 aromatic heterocycles. The first-order valence-electron chi connectivity index (χ1n) is 9.14. The average molecular weight is 391 g/mol. The summed E-state index contributed by atoms with van der Waals surface area (Å²) in [6.45, 7) is 1.27. The van der Waals surface area contributed by atoms with Crippen molar-refractivity contribution in [2.24, 2.45) is 5.92 Å². The van der Waals surface area contributed by atoms with Crippen molar-refractivity contribution in [2.45, 2.75) is 32.1 Å². The average Bonchev–Trinajstić information content (AvgIpc) is 3.17. The van der Waals surface area contributed by atoms with Crippen molar-refractivity contribution in [3.63, 3.8) is 0 Å². The Balaban J connectivity index is 1.43. The zero-order chi connectivity index (χ0) is 19.2. The SMILES string of the molecule is CNC(=O)C1CCN(C(=O)CCCc2nc(-c3ccc(Cl)cc3)no2)CC1. The Bertz CT molecular complexity index is 783. The van der Waals surface area contributed by atoms with Gasteiger partial charge in [0, 0.05) is 49.5 Å². The van der Waals surface area contributed by atoms with E-state index in [1.165, 1.54) is 0 Å². The third-order valence-electron chi connectivity index (χ3n) is 4.82. The second kappa shape index (κ2) is 8.99.